The maximum atomic E-state index is 13.1. The fraction of sp³-hybridized carbons (Fsp3) is 0.611. The summed E-state index contributed by atoms with van der Waals surface area (Å²) in [4.78, 5) is 15.8. The molecule has 2 aliphatic heterocycles. The highest BCUT2D eigenvalue weighted by Crippen LogP contribution is 2.24. The number of aromatic nitrogens is 4. The fourth-order valence-corrected chi connectivity index (χ4v) is 3.82. The summed E-state index contributed by atoms with van der Waals surface area (Å²) in [6.45, 7) is 5.80. The third-order valence-corrected chi connectivity index (χ3v) is 5.25. The van der Waals surface area contributed by atoms with E-state index >= 15 is 0 Å². The summed E-state index contributed by atoms with van der Waals surface area (Å²) in [7, 11) is 1.68. The predicted octanol–water partition coefficient (Wildman–Crippen LogP) is 2.07. The van der Waals surface area contributed by atoms with Gasteiger partial charge in [0.05, 0.1) is 0 Å². The summed E-state index contributed by atoms with van der Waals surface area (Å²) < 4.78 is 27.7. The van der Waals surface area contributed by atoms with Gasteiger partial charge in [-0.2, -0.15) is 10.1 Å². The Morgan fingerprint density at radius 3 is 2.48 bits per heavy atom. The van der Waals surface area contributed by atoms with Gasteiger partial charge in [-0.05, 0) is 18.9 Å². The quantitative estimate of drug-likeness (QED) is 0.795. The van der Waals surface area contributed by atoms with Crippen LogP contribution in [0.25, 0.3) is 0 Å². The van der Waals surface area contributed by atoms with E-state index in [1.54, 1.807) is 13.2 Å². The Labute approximate surface area is 157 Å². The monoisotopic (exact) mass is 377 g/mol. The van der Waals surface area contributed by atoms with E-state index in [-0.39, 0.29) is 5.69 Å². The summed E-state index contributed by atoms with van der Waals surface area (Å²) >= 11 is 0. The van der Waals surface area contributed by atoms with Crippen molar-refractivity contribution in [3.8, 4) is 0 Å². The van der Waals surface area contributed by atoms with Gasteiger partial charge in [0.15, 0.2) is 0 Å². The van der Waals surface area contributed by atoms with Crippen LogP contribution in [0.5, 0.6) is 0 Å². The molecule has 27 heavy (non-hydrogen) atoms. The number of hydrogen-bond acceptors (Lipinski definition) is 6. The second-order valence-electron chi connectivity index (χ2n) is 7.19. The van der Waals surface area contributed by atoms with Gasteiger partial charge in [-0.15, -0.1) is 0 Å². The molecule has 0 spiro atoms. The Hall–Kier alpha value is -2.29. The molecule has 0 amide bonds. The summed E-state index contributed by atoms with van der Waals surface area (Å²) in [5.41, 5.74) is 0.505. The van der Waals surface area contributed by atoms with Crippen LogP contribution in [0.4, 0.5) is 20.5 Å². The third-order valence-electron chi connectivity index (χ3n) is 5.25. The van der Waals surface area contributed by atoms with Crippen LogP contribution in [-0.2, 0) is 13.6 Å². The number of nitrogens with zero attached hydrogens (tertiary/aromatic N) is 7. The van der Waals surface area contributed by atoms with Crippen molar-refractivity contribution in [3.05, 3.63) is 29.7 Å². The lowest BCUT2D eigenvalue weighted by Gasteiger charge is -2.35. The molecule has 2 aliphatic rings. The molecule has 0 aromatic carbocycles. The topological polar surface area (TPSA) is 53.3 Å². The maximum Gasteiger partial charge on any atom is 0.282 e. The van der Waals surface area contributed by atoms with Gasteiger partial charge in [-0.3, -0.25) is 9.58 Å². The molecule has 0 N–H and O–H groups in total. The minimum atomic E-state index is -2.53. The molecule has 0 unspecified atom stereocenters. The molecule has 0 saturated carbocycles. The van der Waals surface area contributed by atoms with Crippen molar-refractivity contribution in [2.24, 2.45) is 7.05 Å². The van der Waals surface area contributed by atoms with Gasteiger partial charge >= 0.3 is 0 Å². The lowest BCUT2D eigenvalue weighted by atomic mass is 10.2. The maximum absolute atomic E-state index is 13.1. The van der Waals surface area contributed by atoms with Crippen molar-refractivity contribution in [2.45, 2.75) is 25.8 Å². The van der Waals surface area contributed by atoms with Gasteiger partial charge in [-0.25, -0.2) is 13.8 Å². The van der Waals surface area contributed by atoms with Gasteiger partial charge in [0.25, 0.3) is 6.43 Å². The third kappa shape index (κ3) is 4.02. The molecule has 2 fully saturated rings. The van der Waals surface area contributed by atoms with Gasteiger partial charge in [0.1, 0.15) is 11.5 Å². The van der Waals surface area contributed by atoms with Crippen LogP contribution in [-0.4, -0.2) is 63.9 Å². The first-order valence-electron chi connectivity index (χ1n) is 9.46. The number of anilines is 2. The molecule has 4 heterocycles. The molecule has 0 atom stereocenters. The Kier molecular flexibility index (Phi) is 5.20. The van der Waals surface area contributed by atoms with Crippen molar-refractivity contribution in [2.75, 3.05) is 49.1 Å². The van der Waals surface area contributed by atoms with Crippen molar-refractivity contribution >= 4 is 11.8 Å². The largest absolute Gasteiger partial charge is 0.354 e. The molecule has 4 rings (SSSR count). The predicted molar refractivity (Wildman–Crippen MR) is 99.1 cm³/mol. The highest BCUT2D eigenvalue weighted by Gasteiger charge is 2.23. The minimum Gasteiger partial charge on any atom is -0.354 e. The van der Waals surface area contributed by atoms with Crippen molar-refractivity contribution < 1.29 is 8.78 Å². The number of alkyl halides is 2. The molecule has 2 aromatic rings. The molecule has 2 aromatic heterocycles. The Morgan fingerprint density at radius 2 is 1.78 bits per heavy atom. The van der Waals surface area contributed by atoms with E-state index in [0.717, 1.165) is 51.0 Å². The van der Waals surface area contributed by atoms with E-state index in [2.05, 4.69) is 24.8 Å². The van der Waals surface area contributed by atoms with Crippen molar-refractivity contribution in [1.29, 1.82) is 0 Å². The van der Waals surface area contributed by atoms with Crippen LogP contribution in [0.3, 0.4) is 0 Å². The molecule has 9 heteroatoms. The highest BCUT2D eigenvalue weighted by molar-refractivity contribution is 5.44. The van der Waals surface area contributed by atoms with E-state index in [1.807, 2.05) is 12.3 Å². The fourth-order valence-electron chi connectivity index (χ4n) is 3.82. The number of hydrogen-bond donors (Lipinski definition) is 0. The van der Waals surface area contributed by atoms with Crippen LogP contribution in [0.15, 0.2) is 18.5 Å². The first-order valence-corrected chi connectivity index (χ1v) is 9.46. The molecule has 7 nitrogen and oxygen atoms in total. The van der Waals surface area contributed by atoms with E-state index in [0.29, 0.717) is 12.1 Å². The van der Waals surface area contributed by atoms with Crippen molar-refractivity contribution in [3.63, 3.8) is 0 Å². The smallest absolute Gasteiger partial charge is 0.282 e. The Bertz CT molecular complexity index is 765. The Balaban J connectivity index is 1.37. The first kappa shape index (κ1) is 18.1. The second-order valence-corrected chi connectivity index (χ2v) is 7.19. The number of rotatable bonds is 5. The van der Waals surface area contributed by atoms with Crippen LogP contribution >= 0.6 is 0 Å². The van der Waals surface area contributed by atoms with E-state index < -0.39 is 6.43 Å². The standard InChI is InChI=1S/C18H25F2N7/c1-24-12-14(16(23-24)17(19)20)13-25-8-10-26(11-9-25)15-4-5-21-18(22-15)27-6-2-3-7-27/h4-5,12,17H,2-3,6-11,13H2,1H3. The van der Waals surface area contributed by atoms with Crippen LogP contribution in [0.1, 0.15) is 30.5 Å². The van der Waals surface area contributed by atoms with E-state index in [9.17, 15) is 8.78 Å². The number of piperazine rings is 1. The van der Waals surface area contributed by atoms with Crippen molar-refractivity contribution in [1.82, 2.24) is 24.6 Å². The van der Waals surface area contributed by atoms with E-state index in [4.69, 9.17) is 4.98 Å². The molecule has 146 valence electrons. The summed E-state index contributed by atoms with van der Waals surface area (Å²) in [5, 5.41) is 3.89. The normalized spacial score (nSPS) is 18.7. The minimum absolute atomic E-state index is 0.106. The van der Waals surface area contributed by atoms with Crippen LogP contribution in [0, 0.1) is 0 Å². The van der Waals surface area contributed by atoms with Gasteiger partial charge in [-0.1, -0.05) is 0 Å². The molecular weight excluding hydrogens is 352 g/mol. The number of halogens is 2. The van der Waals surface area contributed by atoms with Crippen LogP contribution in [0.2, 0.25) is 0 Å². The summed E-state index contributed by atoms with van der Waals surface area (Å²) in [6, 6.07) is 1.95. The molecule has 0 aliphatic carbocycles. The highest BCUT2D eigenvalue weighted by atomic mass is 19.3. The van der Waals surface area contributed by atoms with Crippen LogP contribution < -0.4 is 9.80 Å². The lowest BCUT2D eigenvalue weighted by Crippen LogP contribution is -2.46. The molecule has 2 saturated heterocycles. The zero-order valence-corrected chi connectivity index (χ0v) is 15.6. The summed E-state index contributed by atoms with van der Waals surface area (Å²) in [6.07, 6.45) is 3.38. The molecule has 0 bridgehead atoms. The summed E-state index contributed by atoms with van der Waals surface area (Å²) in [5.74, 6) is 1.76. The zero-order chi connectivity index (χ0) is 18.8. The average molecular weight is 377 g/mol. The number of aryl methyl sites for hydroxylation is 1. The van der Waals surface area contributed by atoms with Gasteiger partial charge in [0, 0.05) is 70.8 Å². The SMILES string of the molecule is Cn1cc(CN2CCN(c3ccnc(N4CCCC4)n3)CC2)c(C(F)F)n1. The zero-order valence-electron chi connectivity index (χ0n) is 15.6. The van der Waals surface area contributed by atoms with Gasteiger partial charge < -0.3 is 9.80 Å². The Morgan fingerprint density at radius 1 is 1.04 bits per heavy atom. The first-order chi connectivity index (χ1) is 13.1. The second kappa shape index (κ2) is 7.75. The molecule has 0 radical (unpaired) electrons. The van der Waals surface area contributed by atoms with E-state index in [1.165, 1.54) is 17.5 Å². The lowest BCUT2D eigenvalue weighted by molar-refractivity contribution is 0.142. The average Bonchev–Trinajstić information content (AvgIpc) is 3.32. The molecular formula is C18H25F2N7. The van der Waals surface area contributed by atoms with Gasteiger partial charge in [0.2, 0.25) is 5.95 Å².